The van der Waals surface area contributed by atoms with Crippen LogP contribution in [0.2, 0.25) is 0 Å². The second-order valence-corrected chi connectivity index (χ2v) is 9.22. The van der Waals surface area contributed by atoms with Crippen LogP contribution in [0.1, 0.15) is 15.9 Å². The van der Waals surface area contributed by atoms with Crippen molar-refractivity contribution in [2.24, 2.45) is 0 Å². The van der Waals surface area contributed by atoms with Crippen LogP contribution in [0.25, 0.3) is 22.0 Å². The molecule has 0 saturated carbocycles. The smallest absolute Gasteiger partial charge is 0.260 e. The second kappa shape index (κ2) is 9.48. The molecule has 6 rings (SSSR count). The molecule has 6 nitrogen and oxygen atoms in total. The van der Waals surface area contributed by atoms with E-state index in [1.54, 1.807) is 17.0 Å². The van der Waals surface area contributed by atoms with E-state index in [9.17, 15) is 9.59 Å². The van der Waals surface area contributed by atoms with Gasteiger partial charge in [-0.15, -0.1) is 11.6 Å². The molecular weight excluding hydrogens is 484 g/mol. The molecule has 2 amide bonds. The van der Waals surface area contributed by atoms with E-state index in [1.165, 1.54) is 0 Å². The van der Waals surface area contributed by atoms with E-state index >= 15 is 0 Å². The molecule has 37 heavy (non-hydrogen) atoms. The number of rotatable bonds is 5. The lowest BCUT2D eigenvalue weighted by Crippen LogP contribution is -2.30. The van der Waals surface area contributed by atoms with Gasteiger partial charge in [0.25, 0.3) is 5.91 Å². The first kappa shape index (κ1) is 22.9. The quantitative estimate of drug-likeness (QED) is 0.226. The summed E-state index contributed by atoms with van der Waals surface area (Å²) < 4.78 is 0. The van der Waals surface area contributed by atoms with E-state index < -0.39 is 0 Å². The lowest BCUT2D eigenvalue weighted by atomic mass is 10.00. The van der Waals surface area contributed by atoms with Gasteiger partial charge >= 0.3 is 0 Å². The summed E-state index contributed by atoms with van der Waals surface area (Å²) in [6.07, 6.45) is 1.92. The van der Waals surface area contributed by atoms with Crippen LogP contribution in [0, 0.1) is 0 Å². The number of halogens is 1. The van der Waals surface area contributed by atoms with Crippen molar-refractivity contribution in [3.05, 3.63) is 108 Å². The van der Waals surface area contributed by atoms with E-state index in [4.69, 9.17) is 11.6 Å². The van der Waals surface area contributed by atoms with Crippen LogP contribution in [0.5, 0.6) is 0 Å². The largest absolute Gasteiger partial charge is 0.361 e. The van der Waals surface area contributed by atoms with Gasteiger partial charge in [0.05, 0.1) is 29.2 Å². The van der Waals surface area contributed by atoms with Gasteiger partial charge in [-0.3, -0.25) is 9.59 Å². The average Bonchev–Trinajstić information content (AvgIpc) is 3.37. The van der Waals surface area contributed by atoms with Gasteiger partial charge in [-0.2, -0.15) is 0 Å². The topological polar surface area (TPSA) is 77.2 Å². The highest BCUT2D eigenvalue weighted by Crippen LogP contribution is 2.39. The summed E-state index contributed by atoms with van der Waals surface area (Å²) in [5, 5.41) is 7.34. The van der Waals surface area contributed by atoms with E-state index in [0.29, 0.717) is 23.5 Å². The Hall–Kier alpha value is -4.55. The summed E-state index contributed by atoms with van der Waals surface area (Å²) in [6, 6.07) is 29.5. The molecule has 0 fully saturated rings. The highest BCUT2D eigenvalue weighted by atomic mass is 35.5. The molecule has 0 saturated heterocycles. The molecule has 5 aromatic rings. The molecule has 1 aromatic heterocycles. The van der Waals surface area contributed by atoms with Gasteiger partial charge in [-0.05, 0) is 70.6 Å². The summed E-state index contributed by atoms with van der Waals surface area (Å²) in [5.74, 6) is -0.586. The second-order valence-electron chi connectivity index (χ2n) is 8.96. The Bertz CT molecular complexity index is 1640. The van der Waals surface area contributed by atoms with Gasteiger partial charge < -0.3 is 20.5 Å². The zero-order chi connectivity index (χ0) is 25.4. The lowest BCUT2D eigenvalue weighted by molar-refractivity contribution is -0.113. The summed E-state index contributed by atoms with van der Waals surface area (Å²) in [5.41, 5.74) is 7.37. The molecule has 0 atom stereocenters. The number of alkyl halides is 1. The van der Waals surface area contributed by atoms with Crippen molar-refractivity contribution in [3.63, 3.8) is 0 Å². The molecule has 0 spiro atoms. The average molecular weight is 507 g/mol. The number of anilines is 4. The molecule has 1 aliphatic heterocycles. The van der Waals surface area contributed by atoms with E-state index in [1.807, 2.05) is 72.9 Å². The Balaban J connectivity index is 1.45. The highest BCUT2D eigenvalue weighted by Gasteiger charge is 2.28. The predicted molar refractivity (Wildman–Crippen MR) is 150 cm³/mol. The Labute approximate surface area is 218 Å². The first-order valence-electron chi connectivity index (χ1n) is 11.9. The zero-order valence-corrected chi connectivity index (χ0v) is 20.5. The number of carbonyl (C=O) groups is 2. The first-order valence-corrected chi connectivity index (χ1v) is 12.5. The number of aromatic nitrogens is 1. The number of hydrogen-bond acceptors (Lipinski definition) is 3. The normalized spacial score (nSPS) is 12.5. The number of nitrogens with zero attached hydrogens (tertiary/aromatic N) is 1. The molecule has 0 radical (unpaired) electrons. The van der Waals surface area contributed by atoms with Crippen LogP contribution in [0.15, 0.2) is 97.2 Å². The Morgan fingerprint density at radius 1 is 0.865 bits per heavy atom. The maximum atomic E-state index is 14.1. The minimum atomic E-state index is -0.309. The van der Waals surface area contributed by atoms with Crippen LogP contribution in [-0.4, -0.2) is 22.7 Å². The summed E-state index contributed by atoms with van der Waals surface area (Å²) in [4.78, 5) is 31.0. The van der Waals surface area contributed by atoms with Gasteiger partial charge in [0.2, 0.25) is 5.91 Å². The molecule has 1 aliphatic rings. The van der Waals surface area contributed by atoms with Gasteiger partial charge in [0.15, 0.2) is 0 Å². The van der Waals surface area contributed by atoms with Crippen molar-refractivity contribution in [2.45, 2.75) is 6.54 Å². The number of amides is 2. The van der Waals surface area contributed by atoms with E-state index in [-0.39, 0.29) is 17.7 Å². The van der Waals surface area contributed by atoms with Gasteiger partial charge in [0.1, 0.15) is 5.88 Å². The third-order valence-electron chi connectivity index (χ3n) is 6.53. The molecular formula is C30H23ClN4O2. The third-order valence-corrected chi connectivity index (χ3v) is 6.77. The molecule has 2 heterocycles. The lowest BCUT2D eigenvalue weighted by Gasteiger charge is -2.24. The molecule has 4 aromatic carbocycles. The minimum Gasteiger partial charge on any atom is -0.361 e. The SMILES string of the molecule is O=C(CCl)Nc1ccc2c(c1)N(Cc1ccccc1)C(=O)c1cc(-c3ccc4[nH]ccc4c3)ccc1N2. The number of H-pyrrole nitrogens is 1. The monoisotopic (exact) mass is 506 g/mol. The van der Waals surface area contributed by atoms with Gasteiger partial charge in [-0.1, -0.05) is 42.5 Å². The number of nitrogens with one attached hydrogen (secondary N) is 3. The summed E-state index contributed by atoms with van der Waals surface area (Å²) in [6.45, 7) is 0.375. The molecule has 3 N–H and O–H groups in total. The van der Waals surface area contributed by atoms with Crippen molar-refractivity contribution in [1.82, 2.24) is 4.98 Å². The number of carbonyl (C=O) groups excluding carboxylic acids is 2. The number of aromatic amines is 1. The van der Waals surface area contributed by atoms with E-state index in [2.05, 4.69) is 27.8 Å². The third kappa shape index (κ3) is 4.43. The standard InChI is InChI=1S/C30H23ClN4O2/c31-17-29(36)33-23-8-11-27-28(16-23)35(18-19-4-2-1-3-5-19)30(37)24-15-21(7-10-26(24)34-27)20-6-9-25-22(14-20)12-13-32-25/h1-16,32,34H,17-18H2,(H,33,36). The summed E-state index contributed by atoms with van der Waals surface area (Å²) in [7, 11) is 0. The summed E-state index contributed by atoms with van der Waals surface area (Å²) >= 11 is 5.69. The maximum absolute atomic E-state index is 14.1. The fraction of sp³-hybridized carbons (Fsp3) is 0.0667. The van der Waals surface area contributed by atoms with Crippen molar-refractivity contribution in [3.8, 4) is 11.1 Å². The Morgan fingerprint density at radius 3 is 2.49 bits per heavy atom. The molecule has 0 aliphatic carbocycles. The van der Waals surface area contributed by atoms with Crippen molar-refractivity contribution in [2.75, 3.05) is 21.4 Å². The van der Waals surface area contributed by atoms with Crippen LogP contribution in [-0.2, 0) is 11.3 Å². The van der Waals surface area contributed by atoms with Crippen LogP contribution in [0.4, 0.5) is 22.7 Å². The number of hydrogen-bond donors (Lipinski definition) is 3. The first-order chi connectivity index (χ1) is 18.1. The number of benzene rings is 4. The minimum absolute atomic E-state index is 0.129. The Morgan fingerprint density at radius 2 is 1.65 bits per heavy atom. The van der Waals surface area contributed by atoms with Crippen molar-refractivity contribution >= 4 is 57.1 Å². The van der Waals surface area contributed by atoms with Gasteiger partial charge in [-0.25, -0.2) is 0 Å². The molecule has 182 valence electrons. The van der Waals surface area contributed by atoms with Crippen molar-refractivity contribution in [1.29, 1.82) is 0 Å². The zero-order valence-electron chi connectivity index (χ0n) is 19.8. The fourth-order valence-corrected chi connectivity index (χ4v) is 4.77. The Kier molecular flexibility index (Phi) is 5.87. The molecule has 0 bridgehead atoms. The van der Waals surface area contributed by atoms with Crippen LogP contribution in [0.3, 0.4) is 0 Å². The number of fused-ring (bicyclic) bond motifs is 3. The van der Waals surface area contributed by atoms with Crippen LogP contribution >= 0.6 is 11.6 Å². The van der Waals surface area contributed by atoms with Crippen molar-refractivity contribution < 1.29 is 9.59 Å². The maximum Gasteiger partial charge on any atom is 0.260 e. The highest BCUT2D eigenvalue weighted by molar-refractivity contribution is 6.29. The van der Waals surface area contributed by atoms with Gasteiger partial charge in [0, 0.05) is 17.4 Å². The molecule has 7 heteroatoms. The molecule has 0 unspecified atom stereocenters. The van der Waals surface area contributed by atoms with Crippen LogP contribution < -0.4 is 15.5 Å². The fourth-order valence-electron chi connectivity index (χ4n) is 4.70. The predicted octanol–water partition coefficient (Wildman–Crippen LogP) is 6.92. The van der Waals surface area contributed by atoms with E-state index in [0.717, 1.165) is 39.0 Å².